The molecule has 0 aliphatic carbocycles. The van der Waals surface area contributed by atoms with Crippen LogP contribution in [0.1, 0.15) is 15.9 Å². The maximum absolute atomic E-state index is 14.4. The van der Waals surface area contributed by atoms with E-state index in [-0.39, 0.29) is 37.6 Å². The zero-order valence-electron chi connectivity index (χ0n) is 17.4. The number of nitriles is 1. The lowest BCUT2D eigenvalue weighted by atomic mass is 10.0. The Hall–Kier alpha value is -3.58. The predicted molar refractivity (Wildman–Crippen MR) is 118 cm³/mol. The van der Waals surface area contributed by atoms with Crippen LogP contribution < -0.4 is 4.74 Å². The van der Waals surface area contributed by atoms with Crippen molar-refractivity contribution in [1.82, 2.24) is 4.31 Å². The smallest absolute Gasteiger partial charge is 0.343 e. The van der Waals surface area contributed by atoms with Crippen LogP contribution in [-0.2, 0) is 14.8 Å². The average molecular weight is 466 g/mol. The van der Waals surface area contributed by atoms with Crippen LogP contribution in [0, 0.1) is 17.1 Å². The first-order chi connectivity index (χ1) is 15.9. The summed E-state index contributed by atoms with van der Waals surface area (Å²) < 4.78 is 51.6. The van der Waals surface area contributed by atoms with Crippen molar-refractivity contribution in [2.75, 3.05) is 26.3 Å². The highest BCUT2D eigenvalue weighted by atomic mass is 32.2. The van der Waals surface area contributed by atoms with Crippen LogP contribution in [0.15, 0.2) is 71.6 Å². The van der Waals surface area contributed by atoms with Gasteiger partial charge < -0.3 is 9.47 Å². The lowest BCUT2D eigenvalue weighted by molar-refractivity contribution is 0.0726. The summed E-state index contributed by atoms with van der Waals surface area (Å²) in [5.74, 6) is -1.50. The van der Waals surface area contributed by atoms with Crippen molar-refractivity contribution in [1.29, 1.82) is 5.26 Å². The number of sulfonamides is 1. The summed E-state index contributed by atoms with van der Waals surface area (Å²) in [4.78, 5) is 12.0. The van der Waals surface area contributed by atoms with Crippen LogP contribution in [0.5, 0.6) is 5.75 Å². The molecule has 7 nitrogen and oxygen atoms in total. The molecule has 9 heteroatoms. The Bertz CT molecular complexity index is 1310. The summed E-state index contributed by atoms with van der Waals surface area (Å²) in [5.41, 5.74) is 2.22. The van der Waals surface area contributed by atoms with Gasteiger partial charge in [-0.3, -0.25) is 0 Å². The molecule has 0 unspecified atom stereocenters. The van der Waals surface area contributed by atoms with Crippen LogP contribution in [0.2, 0.25) is 0 Å². The molecule has 0 N–H and O–H groups in total. The van der Waals surface area contributed by atoms with Crippen molar-refractivity contribution in [3.8, 4) is 22.9 Å². The number of benzene rings is 3. The number of morpholine rings is 1. The van der Waals surface area contributed by atoms with E-state index < -0.39 is 26.7 Å². The molecule has 0 atom stereocenters. The van der Waals surface area contributed by atoms with Crippen LogP contribution in [0.4, 0.5) is 4.39 Å². The summed E-state index contributed by atoms with van der Waals surface area (Å²) in [6, 6.07) is 18.9. The summed E-state index contributed by atoms with van der Waals surface area (Å²) in [5, 5.41) is 8.90. The molecule has 0 spiro atoms. The van der Waals surface area contributed by atoms with Gasteiger partial charge in [0.15, 0.2) is 0 Å². The number of halogens is 1. The molecule has 0 radical (unpaired) electrons. The van der Waals surface area contributed by atoms with E-state index in [9.17, 15) is 17.6 Å². The molecule has 1 aliphatic heterocycles. The van der Waals surface area contributed by atoms with Gasteiger partial charge in [0.05, 0.1) is 30.4 Å². The molecule has 168 valence electrons. The minimum absolute atomic E-state index is 0.0839. The molecule has 1 aliphatic rings. The molecule has 0 amide bonds. The molecule has 3 aromatic rings. The van der Waals surface area contributed by atoms with Gasteiger partial charge in [-0.25, -0.2) is 17.6 Å². The van der Waals surface area contributed by atoms with Crippen LogP contribution >= 0.6 is 0 Å². The third-order valence-corrected chi connectivity index (χ3v) is 7.08. The SMILES string of the molecule is N#Cc1ccc(-c2ccc(OC(=O)c3ccc(F)c(S(=O)(=O)N4CCOCC4)c3)cc2)cc1. The van der Waals surface area contributed by atoms with E-state index >= 15 is 0 Å². The number of hydrogen-bond acceptors (Lipinski definition) is 6. The molecule has 0 saturated carbocycles. The molecule has 0 bridgehead atoms. The Morgan fingerprint density at radius 2 is 1.58 bits per heavy atom. The Kier molecular flexibility index (Phi) is 6.51. The fourth-order valence-corrected chi connectivity index (χ4v) is 4.87. The van der Waals surface area contributed by atoms with Crippen molar-refractivity contribution in [3.63, 3.8) is 0 Å². The van der Waals surface area contributed by atoms with Gasteiger partial charge in [-0.15, -0.1) is 0 Å². The van der Waals surface area contributed by atoms with E-state index in [1.807, 2.05) is 12.1 Å². The van der Waals surface area contributed by atoms with Gasteiger partial charge in [0.2, 0.25) is 10.0 Å². The van der Waals surface area contributed by atoms with Gasteiger partial charge in [0.25, 0.3) is 0 Å². The summed E-state index contributed by atoms with van der Waals surface area (Å²) in [6.07, 6.45) is 0. The average Bonchev–Trinajstić information content (AvgIpc) is 2.85. The molecule has 1 heterocycles. The third-order valence-electron chi connectivity index (χ3n) is 5.17. The minimum Gasteiger partial charge on any atom is -0.423 e. The Morgan fingerprint density at radius 1 is 0.970 bits per heavy atom. The topological polar surface area (TPSA) is 96.7 Å². The number of hydrogen-bond donors (Lipinski definition) is 0. The van der Waals surface area contributed by atoms with Gasteiger partial charge in [-0.1, -0.05) is 24.3 Å². The van der Waals surface area contributed by atoms with Crippen LogP contribution in [-0.4, -0.2) is 45.0 Å². The number of carbonyl (C=O) groups is 1. The van der Waals surface area contributed by atoms with Crippen molar-refractivity contribution in [3.05, 3.63) is 83.7 Å². The third kappa shape index (κ3) is 4.93. The number of carbonyl (C=O) groups excluding carboxylic acids is 1. The monoisotopic (exact) mass is 466 g/mol. The van der Waals surface area contributed by atoms with Crippen LogP contribution in [0.3, 0.4) is 0 Å². The lowest BCUT2D eigenvalue weighted by Gasteiger charge is -2.26. The highest BCUT2D eigenvalue weighted by Gasteiger charge is 2.30. The van der Waals surface area contributed by atoms with Gasteiger partial charge in [-0.2, -0.15) is 9.57 Å². The lowest BCUT2D eigenvalue weighted by Crippen LogP contribution is -2.41. The zero-order valence-corrected chi connectivity index (χ0v) is 18.2. The Morgan fingerprint density at radius 3 is 2.18 bits per heavy atom. The van der Waals surface area contributed by atoms with E-state index in [4.69, 9.17) is 14.7 Å². The van der Waals surface area contributed by atoms with E-state index in [0.29, 0.717) is 5.56 Å². The molecule has 3 aromatic carbocycles. The molecule has 1 fully saturated rings. The maximum Gasteiger partial charge on any atom is 0.343 e. The summed E-state index contributed by atoms with van der Waals surface area (Å²) in [6.45, 7) is 0.673. The fourth-order valence-electron chi connectivity index (χ4n) is 3.37. The van der Waals surface area contributed by atoms with Crippen molar-refractivity contribution in [2.45, 2.75) is 4.90 Å². The van der Waals surface area contributed by atoms with Gasteiger partial charge in [0.1, 0.15) is 16.5 Å². The minimum atomic E-state index is -4.11. The largest absolute Gasteiger partial charge is 0.423 e. The Labute approximate surface area is 190 Å². The molecular formula is C24H19FN2O5S. The first-order valence-electron chi connectivity index (χ1n) is 10.1. The van der Waals surface area contributed by atoms with Crippen LogP contribution in [0.25, 0.3) is 11.1 Å². The highest BCUT2D eigenvalue weighted by molar-refractivity contribution is 7.89. The van der Waals surface area contributed by atoms with E-state index in [2.05, 4.69) is 6.07 Å². The van der Waals surface area contributed by atoms with Gasteiger partial charge in [-0.05, 0) is 53.6 Å². The molecular weight excluding hydrogens is 447 g/mol. The predicted octanol–water partition coefficient (Wildman–Crippen LogP) is 3.60. The second kappa shape index (κ2) is 9.50. The van der Waals surface area contributed by atoms with Gasteiger partial charge in [0, 0.05) is 13.1 Å². The quantitative estimate of drug-likeness (QED) is 0.421. The summed E-state index contributed by atoms with van der Waals surface area (Å²) >= 11 is 0. The van der Waals surface area contributed by atoms with Crippen molar-refractivity contribution < 1.29 is 27.1 Å². The standard InChI is InChI=1S/C24H19FN2O5S/c25-22-10-7-20(15-23(22)33(29,30)27-11-13-31-14-12-27)24(28)32-21-8-5-19(6-9-21)18-3-1-17(16-26)2-4-18/h1-10,15H,11-14H2. The highest BCUT2D eigenvalue weighted by Crippen LogP contribution is 2.25. The zero-order chi connectivity index (χ0) is 23.4. The first kappa shape index (κ1) is 22.6. The maximum atomic E-state index is 14.4. The fraction of sp³-hybridized carbons (Fsp3) is 0.167. The van der Waals surface area contributed by atoms with E-state index in [1.165, 1.54) is 6.07 Å². The van der Waals surface area contributed by atoms with Crippen molar-refractivity contribution >= 4 is 16.0 Å². The second-order valence-electron chi connectivity index (χ2n) is 7.26. The molecule has 4 rings (SSSR count). The number of nitrogens with zero attached hydrogens (tertiary/aromatic N) is 2. The first-order valence-corrected chi connectivity index (χ1v) is 11.5. The number of esters is 1. The van der Waals surface area contributed by atoms with Gasteiger partial charge >= 0.3 is 5.97 Å². The number of rotatable bonds is 5. The van der Waals surface area contributed by atoms with E-state index in [0.717, 1.165) is 27.6 Å². The number of ether oxygens (including phenoxy) is 2. The van der Waals surface area contributed by atoms with Crippen molar-refractivity contribution in [2.24, 2.45) is 0 Å². The summed E-state index contributed by atoms with van der Waals surface area (Å²) in [7, 11) is -4.11. The Balaban J connectivity index is 1.51. The normalized spacial score (nSPS) is 14.4. The molecule has 0 aromatic heterocycles. The second-order valence-corrected chi connectivity index (χ2v) is 9.17. The van der Waals surface area contributed by atoms with E-state index in [1.54, 1.807) is 36.4 Å². The molecule has 1 saturated heterocycles. The molecule has 33 heavy (non-hydrogen) atoms.